The van der Waals surface area contributed by atoms with Crippen LogP contribution in [0.5, 0.6) is 0 Å². The maximum atomic E-state index is 12.0. The van der Waals surface area contributed by atoms with Gasteiger partial charge in [0.05, 0.1) is 33.9 Å². The van der Waals surface area contributed by atoms with Crippen LogP contribution in [-0.4, -0.2) is 18.4 Å². The Labute approximate surface area is 157 Å². The topological polar surface area (TPSA) is 59.9 Å². The van der Waals surface area contributed by atoms with Crippen LogP contribution in [0.15, 0.2) is 72.8 Å². The van der Waals surface area contributed by atoms with Crippen molar-refractivity contribution in [2.45, 2.75) is 11.5 Å². The van der Waals surface area contributed by atoms with Crippen LogP contribution < -0.4 is 0 Å². The molecule has 0 spiro atoms. The molecule has 1 aliphatic heterocycles. The lowest BCUT2D eigenvalue weighted by atomic mass is 10.0. The van der Waals surface area contributed by atoms with Gasteiger partial charge in [0.1, 0.15) is 0 Å². The fourth-order valence-electron chi connectivity index (χ4n) is 3.58. The fourth-order valence-corrected chi connectivity index (χ4v) is 5.16. The maximum absolute atomic E-state index is 12.0. The Morgan fingerprint density at radius 3 is 1.44 bits per heavy atom. The van der Waals surface area contributed by atoms with Crippen molar-refractivity contribution in [3.05, 3.63) is 83.9 Å². The van der Waals surface area contributed by atoms with Gasteiger partial charge in [-0.3, -0.25) is 0 Å². The summed E-state index contributed by atoms with van der Waals surface area (Å²) in [5.74, 6) is 0.169. The maximum Gasteiger partial charge on any atom is 0.158 e. The smallest absolute Gasteiger partial charge is 0.158 e. The molecule has 5 heteroatoms. The van der Waals surface area contributed by atoms with Gasteiger partial charge in [0, 0.05) is 11.1 Å². The summed E-state index contributed by atoms with van der Waals surface area (Å²) in [6.07, 6.45) is 0. The zero-order valence-corrected chi connectivity index (χ0v) is 15.3. The zero-order chi connectivity index (χ0) is 18.4. The average molecular weight is 372 g/mol. The Morgan fingerprint density at radius 1 is 0.630 bits per heavy atom. The minimum Gasteiger partial charge on any atom is -0.244 e. The molecule has 0 saturated carbocycles. The Kier molecular flexibility index (Phi) is 3.58. The second-order valence-corrected chi connectivity index (χ2v) is 8.86. The van der Waals surface area contributed by atoms with Crippen LogP contribution in [0.1, 0.15) is 11.1 Å². The molecule has 4 nitrogen and oxygen atoms in total. The van der Waals surface area contributed by atoms with Gasteiger partial charge in [0.15, 0.2) is 9.84 Å². The van der Waals surface area contributed by atoms with Crippen molar-refractivity contribution >= 4 is 20.9 Å². The molecule has 0 fully saturated rings. The summed E-state index contributed by atoms with van der Waals surface area (Å²) in [6, 6.07) is 23.7. The van der Waals surface area contributed by atoms with Crippen LogP contribution in [0.4, 0.5) is 0 Å². The summed E-state index contributed by atoms with van der Waals surface area (Å²) < 4.78 is 24.0. The highest BCUT2D eigenvalue weighted by molar-refractivity contribution is 7.90. The van der Waals surface area contributed by atoms with Gasteiger partial charge in [0.2, 0.25) is 0 Å². The molecular formula is C22H16N2O2S. The van der Waals surface area contributed by atoms with Crippen molar-refractivity contribution in [1.82, 2.24) is 9.97 Å². The van der Waals surface area contributed by atoms with Gasteiger partial charge >= 0.3 is 0 Å². The van der Waals surface area contributed by atoms with Gasteiger partial charge in [-0.1, -0.05) is 60.7 Å². The Balaban J connectivity index is 1.80. The molecule has 5 rings (SSSR count). The summed E-state index contributed by atoms with van der Waals surface area (Å²) in [5.41, 5.74) is 6.70. The highest BCUT2D eigenvalue weighted by atomic mass is 32.2. The number of hydrogen-bond acceptors (Lipinski definition) is 4. The molecular weight excluding hydrogens is 356 g/mol. The van der Waals surface area contributed by atoms with E-state index in [1.54, 1.807) is 0 Å². The molecule has 0 saturated heterocycles. The second-order valence-electron chi connectivity index (χ2n) is 6.79. The zero-order valence-electron chi connectivity index (χ0n) is 14.5. The third kappa shape index (κ3) is 2.90. The van der Waals surface area contributed by atoms with Crippen molar-refractivity contribution < 1.29 is 8.42 Å². The molecule has 3 aromatic carbocycles. The van der Waals surface area contributed by atoms with E-state index in [1.807, 2.05) is 72.8 Å². The van der Waals surface area contributed by atoms with E-state index >= 15 is 0 Å². The molecule has 0 N–H and O–H groups in total. The van der Waals surface area contributed by atoms with Crippen LogP contribution in [0.25, 0.3) is 33.5 Å². The van der Waals surface area contributed by atoms with Crippen LogP contribution in [0.3, 0.4) is 0 Å². The minimum atomic E-state index is -3.06. The van der Waals surface area contributed by atoms with Crippen molar-refractivity contribution in [1.29, 1.82) is 0 Å². The lowest BCUT2D eigenvalue weighted by Gasteiger charge is -2.11. The Hall–Kier alpha value is -3.05. The first-order chi connectivity index (χ1) is 13.1. The first kappa shape index (κ1) is 16.1. The standard InChI is InChI=1S/C22H16N2O2S/c25-27(26)13-17-11-19-20(12-18(17)14-27)24-22(16-9-5-2-6-10-16)21(23-19)15-7-3-1-4-8-15/h1-12H,13-14H2. The Morgan fingerprint density at radius 2 is 1.04 bits per heavy atom. The van der Waals surface area contributed by atoms with E-state index in [0.29, 0.717) is 0 Å². The first-order valence-corrected chi connectivity index (χ1v) is 10.6. The van der Waals surface area contributed by atoms with Crippen LogP contribution in [0.2, 0.25) is 0 Å². The lowest BCUT2D eigenvalue weighted by Crippen LogP contribution is -1.97. The predicted molar refractivity (Wildman–Crippen MR) is 107 cm³/mol. The van der Waals surface area contributed by atoms with Crippen molar-refractivity contribution in [3.63, 3.8) is 0 Å². The van der Waals surface area contributed by atoms with E-state index in [9.17, 15) is 8.42 Å². The number of rotatable bonds is 2. The molecule has 1 aromatic heterocycles. The van der Waals surface area contributed by atoms with Gasteiger partial charge in [-0.05, 0) is 23.3 Å². The van der Waals surface area contributed by atoms with E-state index < -0.39 is 9.84 Å². The van der Waals surface area contributed by atoms with E-state index in [1.165, 1.54) is 0 Å². The van der Waals surface area contributed by atoms with Gasteiger partial charge in [-0.15, -0.1) is 0 Å². The molecule has 2 heterocycles. The largest absolute Gasteiger partial charge is 0.244 e. The molecule has 0 atom stereocenters. The summed E-state index contributed by atoms with van der Waals surface area (Å²) in [7, 11) is -3.06. The normalized spacial score (nSPS) is 15.0. The molecule has 0 bridgehead atoms. The quantitative estimate of drug-likeness (QED) is 0.523. The number of nitrogens with zero attached hydrogens (tertiary/aromatic N) is 2. The highest BCUT2D eigenvalue weighted by Crippen LogP contribution is 2.33. The van der Waals surface area contributed by atoms with Gasteiger partial charge in [-0.2, -0.15) is 0 Å². The summed E-state index contributed by atoms with van der Waals surface area (Å²) in [4.78, 5) is 9.78. The summed E-state index contributed by atoms with van der Waals surface area (Å²) in [5, 5.41) is 0. The third-order valence-corrected chi connectivity index (χ3v) is 6.33. The molecule has 1 aliphatic rings. The van der Waals surface area contributed by atoms with E-state index in [-0.39, 0.29) is 11.5 Å². The van der Waals surface area contributed by atoms with Gasteiger partial charge in [-0.25, -0.2) is 18.4 Å². The van der Waals surface area contributed by atoms with E-state index in [2.05, 4.69) is 0 Å². The monoisotopic (exact) mass is 372 g/mol. The first-order valence-electron chi connectivity index (χ1n) is 8.74. The molecule has 0 amide bonds. The predicted octanol–water partition coefficient (Wildman–Crippen LogP) is 4.39. The number of aromatic nitrogens is 2. The molecule has 4 aromatic rings. The number of fused-ring (bicyclic) bond motifs is 2. The van der Waals surface area contributed by atoms with Crippen LogP contribution in [-0.2, 0) is 21.3 Å². The van der Waals surface area contributed by atoms with Crippen molar-refractivity contribution in [2.75, 3.05) is 0 Å². The number of hydrogen-bond donors (Lipinski definition) is 0. The lowest BCUT2D eigenvalue weighted by molar-refractivity contribution is 0.598. The summed E-state index contributed by atoms with van der Waals surface area (Å²) in [6.45, 7) is 0. The van der Waals surface area contributed by atoms with Crippen molar-refractivity contribution in [2.24, 2.45) is 0 Å². The third-order valence-electron chi connectivity index (χ3n) is 4.83. The molecule has 132 valence electrons. The SMILES string of the molecule is O=S1(=O)Cc2cc3nc(-c4ccccc4)c(-c4ccccc4)nc3cc2C1. The van der Waals surface area contributed by atoms with Gasteiger partial charge in [0.25, 0.3) is 0 Å². The number of sulfone groups is 1. The fraction of sp³-hybridized carbons (Fsp3) is 0.0909. The molecule has 0 aliphatic carbocycles. The minimum absolute atomic E-state index is 0.0844. The van der Waals surface area contributed by atoms with Crippen molar-refractivity contribution in [3.8, 4) is 22.5 Å². The molecule has 0 radical (unpaired) electrons. The van der Waals surface area contributed by atoms with Crippen LogP contribution in [0, 0.1) is 0 Å². The number of benzene rings is 3. The highest BCUT2D eigenvalue weighted by Gasteiger charge is 2.26. The Bertz CT molecular complexity index is 1170. The summed E-state index contributed by atoms with van der Waals surface area (Å²) >= 11 is 0. The van der Waals surface area contributed by atoms with Gasteiger partial charge < -0.3 is 0 Å². The van der Waals surface area contributed by atoms with Crippen LogP contribution >= 0.6 is 0 Å². The molecule has 0 unspecified atom stereocenters. The molecule has 27 heavy (non-hydrogen) atoms. The van der Waals surface area contributed by atoms with E-state index in [4.69, 9.17) is 9.97 Å². The average Bonchev–Trinajstić information content (AvgIpc) is 2.99. The second kappa shape index (κ2) is 5.99. The van der Waals surface area contributed by atoms with E-state index in [0.717, 1.165) is 44.7 Å².